The second-order valence-electron chi connectivity index (χ2n) is 10.2. The van der Waals surface area contributed by atoms with E-state index in [9.17, 15) is 24.3 Å². The number of carbonyl (C=O) groups excluding carboxylic acids is 3. The number of nitrogen functional groups attached to an aromatic ring is 1. The normalized spacial score (nSPS) is 11.7. The minimum atomic E-state index is -1.28. The van der Waals surface area contributed by atoms with Gasteiger partial charge in [0.25, 0.3) is 11.8 Å². The highest BCUT2D eigenvalue weighted by Crippen LogP contribution is 2.30. The summed E-state index contributed by atoms with van der Waals surface area (Å²) in [6, 6.07) is 16.6. The maximum absolute atomic E-state index is 13.2. The van der Waals surface area contributed by atoms with E-state index in [1.165, 1.54) is 25.3 Å². The van der Waals surface area contributed by atoms with Crippen molar-refractivity contribution >= 4 is 35.3 Å². The molecule has 0 saturated heterocycles. The van der Waals surface area contributed by atoms with Gasteiger partial charge >= 0.3 is 11.9 Å². The van der Waals surface area contributed by atoms with Crippen LogP contribution >= 0.6 is 0 Å². The number of amides is 2. The Kier molecular flexibility index (Phi) is 9.05. The fourth-order valence-electron chi connectivity index (χ4n) is 4.01. The zero-order valence-electron chi connectivity index (χ0n) is 22.7. The van der Waals surface area contributed by atoms with Gasteiger partial charge in [0.2, 0.25) is 0 Å². The van der Waals surface area contributed by atoms with Gasteiger partial charge in [0, 0.05) is 28.4 Å². The molecule has 40 heavy (non-hydrogen) atoms. The summed E-state index contributed by atoms with van der Waals surface area (Å²) in [7, 11) is 1.27. The predicted octanol–water partition coefficient (Wildman–Crippen LogP) is 4.30. The van der Waals surface area contributed by atoms with Crippen LogP contribution in [0.5, 0.6) is 0 Å². The van der Waals surface area contributed by atoms with Crippen molar-refractivity contribution in [1.29, 1.82) is 5.41 Å². The van der Waals surface area contributed by atoms with Gasteiger partial charge in [-0.1, -0.05) is 45.0 Å². The number of nitrogens with one attached hydrogen (secondary N) is 3. The molecule has 0 unspecified atom stereocenters. The molecule has 0 bridgehead atoms. The van der Waals surface area contributed by atoms with Crippen molar-refractivity contribution in [1.82, 2.24) is 5.32 Å². The van der Waals surface area contributed by atoms with Crippen molar-refractivity contribution in [3.05, 3.63) is 89.0 Å². The molecule has 6 N–H and O–H groups in total. The average molecular weight is 545 g/mol. The van der Waals surface area contributed by atoms with E-state index < -0.39 is 35.2 Å². The first-order valence-corrected chi connectivity index (χ1v) is 12.4. The molecule has 0 aliphatic carbocycles. The number of hydrogen-bond acceptors (Lipinski definition) is 6. The molecule has 0 aromatic heterocycles. The van der Waals surface area contributed by atoms with E-state index >= 15 is 0 Å². The van der Waals surface area contributed by atoms with Gasteiger partial charge < -0.3 is 26.2 Å². The molecule has 3 aromatic rings. The van der Waals surface area contributed by atoms with E-state index in [2.05, 4.69) is 10.6 Å². The first kappa shape index (κ1) is 29.6. The summed E-state index contributed by atoms with van der Waals surface area (Å²) in [4.78, 5) is 50.4. The first-order valence-electron chi connectivity index (χ1n) is 12.4. The third-order valence-electron chi connectivity index (χ3n) is 6.38. The molecule has 208 valence electrons. The van der Waals surface area contributed by atoms with Crippen LogP contribution in [0.2, 0.25) is 0 Å². The molecular weight excluding hydrogens is 512 g/mol. The Bertz CT molecular complexity index is 1460. The summed E-state index contributed by atoms with van der Waals surface area (Å²) < 4.78 is 4.75. The lowest BCUT2D eigenvalue weighted by Crippen LogP contribution is -2.45. The van der Waals surface area contributed by atoms with E-state index in [1.54, 1.807) is 48.5 Å². The quantitative estimate of drug-likeness (QED) is 0.152. The highest BCUT2D eigenvalue weighted by Gasteiger charge is 2.30. The zero-order chi connectivity index (χ0) is 29.6. The predicted molar refractivity (Wildman–Crippen MR) is 152 cm³/mol. The van der Waals surface area contributed by atoms with Gasteiger partial charge in [0.1, 0.15) is 5.84 Å². The van der Waals surface area contributed by atoms with Gasteiger partial charge in [0.15, 0.2) is 0 Å². The minimum Gasteiger partial charge on any atom is -0.478 e. The SMILES string of the molecule is COC(=O)C[C@H](NC(=O)c1ccc(-c2ccccc2C(=O)Nc2ccc(C(=N)N)cc2)c(C(=O)O)c1)C(C)(C)C. The van der Waals surface area contributed by atoms with Crippen molar-refractivity contribution in [3.63, 3.8) is 0 Å². The standard InChI is InChI=1S/C30H32N4O6/c1-30(2,3)24(16-25(35)40-4)34-27(36)18-11-14-21(23(15-18)29(38)39)20-7-5-6-8-22(20)28(37)33-19-12-9-17(10-13-19)26(31)32/h5-15,24H,16H2,1-4H3,(H3,31,32)(H,33,37)(H,34,36)(H,38,39)/t24-/m0/s1. The Labute approximate surface area is 232 Å². The number of rotatable bonds is 9. The Hall–Kier alpha value is -4.99. The van der Waals surface area contributed by atoms with Crippen LogP contribution in [-0.4, -0.2) is 47.8 Å². The third kappa shape index (κ3) is 7.10. The Morgan fingerprint density at radius 1 is 0.900 bits per heavy atom. The van der Waals surface area contributed by atoms with Crippen LogP contribution in [0, 0.1) is 10.8 Å². The van der Waals surface area contributed by atoms with Crippen molar-refractivity contribution in [3.8, 4) is 11.1 Å². The van der Waals surface area contributed by atoms with Crippen molar-refractivity contribution in [2.75, 3.05) is 12.4 Å². The number of benzene rings is 3. The second kappa shape index (κ2) is 12.2. The lowest BCUT2D eigenvalue weighted by atomic mass is 9.84. The summed E-state index contributed by atoms with van der Waals surface area (Å²) in [5.74, 6) is -2.87. The topological polar surface area (TPSA) is 172 Å². The monoisotopic (exact) mass is 544 g/mol. The van der Waals surface area contributed by atoms with Crippen molar-refractivity contribution < 1.29 is 29.0 Å². The van der Waals surface area contributed by atoms with Gasteiger partial charge in [-0.25, -0.2) is 4.79 Å². The van der Waals surface area contributed by atoms with Crippen LogP contribution in [0.3, 0.4) is 0 Å². The molecule has 0 heterocycles. The molecule has 0 aliphatic rings. The Balaban J connectivity index is 1.94. The first-order chi connectivity index (χ1) is 18.8. The second-order valence-corrected chi connectivity index (χ2v) is 10.2. The fourth-order valence-corrected chi connectivity index (χ4v) is 4.01. The van der Waals surface area contributed by atoms with Gasteiger partial charge in [-0.05, 0) is 59.0 Å². The molecule has 10 nitrogen and oxygen atoms in total. The molecule has 10 heteroatoms. The summed E-state index contributed by atoms with van der Waals surface area (Å²) in [6.07, 6.45) is -0.0461. The largest absolute Gasteiger partial charge is 0.478 e. The molecule has 0 fully saturated rings. The molecule has 2 amide bonds. The molecule has 3 rings (SSSR count). The highest BCUT2D eigenvalue weighted by molar-refractivity contribution is 6.11. The van der Waals surface area contributed by atoms with Crippen molar-refractivity contribution in [2.45, 2.75) is 33.2 Å². The molecule has 0 spiro atoms. The fraction of sp³-hybridized carbons (Fsp3) is 0.233. The zero-order valence-corrected chi connectivity index (χ0v) is 22.7. The number of carbonyl (C=O) groups is 4. The maximum Gasteiger partial charge on any atom is 0.336 e. The number of anilines is 1. The number of ether oxygens (including phenoxy) is 1. The van der Waals surface area contributed by atoms with Crippen LogP contribution < -0.4 is 16.4 Å². The molecule has 1 atom stereocenters. The summed E-state index contributed by atoms with van der Waals surface area (Å²) >= 11 is 0. The number of hydrogen-bond donors (Lipinski definition) is 5. The van der Waals surface area contributed by atoms with Crippen LogP contribution in [0.4, 0.5) is 5.69 Å². The van der Waals surface area contributed by atoms with Gasteiger partial charge in [-0.3, -0.25) is 19.8 Å². The van der Waals surface area contributed by atoms with Crippen LogP contribution in [0.25, 0.3) is 11.1 Å². The summed E-state index contributed by atoms with van der Waals surface area (Å²) in [5.41, 5.74) is 6.75. The molecule has 0 radical (unpaired) electrons. The van der Waals surface area contributed by atoms with Crippen LogP contribution in [-0.2, 0) is 9.53 Å². The van der Waals surface area contributed by atoms with E-state index in [0.29, 0.717) is 16.8 Å². The third-order valence-corrected chi connectivity index (χ3v) is 6.38. The van der Waals surface area contributed by atoms with E-state index in [1.807, 2.05) is 20.8 Å². The average Bonchev–Trinajstić information content (AvgIpc) is 2.91. The van der Waals surface area contributed by atoms with Crippen molar-refractivity contribution in [2.24, 2.45) is 11.1 Å². The van der Waals surface area contributed by atoms with E-state index in [-0.39, 0.29) is 34.5 Å². The number of nitrogens with two attached hydrogens (primary N) is 1. The number of aromatic carboxylic acids is 1. The maximum atomic E-state index is 13.2. The summed E-state index contributed by atoms with van der Waals surface area (Å²) in [5, 5.41) is 23.1. The van der Waals surface area contributed by atoms with Gasteiger partial charge in [0.05, 0.1) is 19.1 Å². The summed E-state index contributed by atoms with van der Waals surface area (Å²) in [6.45, 7) is 5.60. The van der Waals surface area contributed by atoms with E-state index in [4.69, 9.17) is 15.9 Å². The highest BCUT2D eigenvalue weighted by atomic mass is 16.5. The number of carboxylic acids is 1. The Morgan fingerprint density at radius 2 is 1.50 bits per heavy atom. The molecule has 0 aliphatic heterocycles. The smallest absolute Gasteiger partial charge is 0.336 e. The number of esters is 1. The number of amidine groups is 1. The van der Waals surface area contributed by atoms with Gasteiger partial charge in [-0.2, -0.15) is 0 Å². The lowest BCUT2D eigenvalue weighted by Gasteiger charge is -2.30. The van der Waals surface area contributed by atoms with E-state index in [0.717, 1.165) is 0 Å². The molecular formula is C30H32N4O6. The van der Waals surface area contributed by atoms with Crippen LogP contribution in [0.15, 0.2) is 66.7 Å². The lowest BCUT2D eigenvalue weighted by molar-refractivity contribution is -0.141. The minimum absolute atomic E-state index is 0.0461. The Morgan fingerprint density at radius 3 is 2.08 bits per heavy atom. The van der Waals surface area contributed by atoms with Gasteiger partial charge in [-0.15, -0.1) is 0 Å². The molecule has 3 aromatic carbocycles. The van der Waals surface area contributed by atoms with Crippen LogP contribution in [0.1, 0.15) is 63.8 Å². The molecule has 0 saturated carbocycles. The number of carboxylic acid groups (broad SMARTS) is 1. The number of methoxy groups -OCH3 is 1.